The molecule has 0 aliphatic carbocycles. The van der Waals surface area contributed by atoms with Crippen LogP contribution in [0, 0.1) is 5.92 Å². The number of rotatable bonds is 5. The molecule has 110 valence electrons. The van der Waals surface area contributed by atoms with Crippen LogP contribution in [0.3, 0.4) is 0 Å². The molecule has 0 bridgehead atoms. The summed E-state index contributed by atoms with van der Waals surface area (Å²) in [6.45, 7) is 8.06. The van der Waals surface area contributed by atoms with Crippen molar-refractivity contribution < 1.29 is 9.90 Å². The maximum Gasteiger partial charge on any atom is 0.303 e. The molecule has 0 aromatic heterocycles. The van der Waals surface area contributed by atoms with Crippen LogP contribution < -0.4 is 0 Å². The van der Waals surface area contributed by atoms with E-state index in [9.17, 15) is 4.79 Å². The minimum Gasteiger partial charge on any atom is -0.481 e. The van der Waals surface area contributed by atoms with Crippen molar-refractivity contribution in [2.75, 3.05) is 32.7 Å². The summed E-state index contributed by atoms with van der Waals surface area (Å²) in [5.41, 5.74) is 0. The number of nitrogens with zero attached hydrogens (tertiary/aromatic N) is 2. The minimum absolute atomic E-state index is 0.352. The van der Waals surface area contributed by atoms with Crippen LogP contribution in [0.25, 0.3) is 0 Å². The van der Waals surface area contributed by atoms with E-state index in [4.69, 9.17) is 5.11 Å². The number of likely N-dealkylation sites (tertiary alicyclic amines) is 2. The molecule has 19 heavy (non-hydrogen) atoms. The van der Waals surface area contributed by atoms with Crippen LogP contribution in [-0.2, 0) is 4.79 Å². The van der Waals surface area contributed by atoms with Crippen LogP contribution in [0.2, 0.25) is 0 Å². The van der Waals surface area contributed by atoms with Gasteiger partial charge in [0.1, 0.15) is 0 Å². The molecule has 0 amide bonds. The summed E-state index contributed by atoms with van der Waals surface area (Å²) < 4.78 is 0. The SMILES string of the molecule is CCCN1CCCC(N2CCC(CC(=O)O)C2)CC1. The van der Waals surface area contributed by atoms with Gasteiger partial charge in [-0.1, -0.05) is 6.92 Å². The third kappa shape index (κ3) is 4.46. The van der Waals surface area contributed by atoms with Gasteiger partial charge in [-0.05, 0) is 64.2 Å². The summed E-state index contributed by atoms with van der Waals surface area (Å²) in [5.74, 6) is -0.255. The topological polar surface area (TPSA) is 43.8 Å². The highest BCUT2D eigenvalue weighted by Gasteiger charge is 2.30. The van der Waals surface area contributed by atoms with Crippen LogP contribution in [0.4, 0.5) is 0 Å². The first kappa shape index (κ1) is 14.8. The molecule has 0 aromatic rings. The first-order valence-electron chi connectivity index (χ1n) is 7.87. The predicted octanol–water partition coefficient (Wildman–Crippen LogP) is 2.05. The van der Waals surface area contributed by atoms with E-state index in [1.807, 2.05) is 0 Å². The van der Waals surface area contributed by atoms with E-state index in [-0.39, 0.29) is 0 Å². The van der Waals surface area contributed by atoms with Crippen molar-refractivity contribution in [2.24, 2.45) is 5.92 Å². The lowest BCUT2D eigenvalue weighted by atomic mass is 10.1. The minimum atomic E-state index is -0.637. The molecule has 2 fully saturated rings. The molecule has 2 unspecified atom stereocenters. The number of aliphatic carboxylic acids is 1. The van der Waals surface area contributed by atoms with E-state index < -0.39 is 5.97 Å². The lowest BCUT2D eigenvalue weighted by Gasteiger charge is -2.27. The summed E-state index contributed by atoms with van der Waals surface area (Å²) in [6.07, 6.45) is 6.52. The summed E-state index contributed by atoms with van der Waals surface area (Å²) >= 11 is 0. The van der Waals surface area contributed by atoms with Gasteiger partial charge in [0.2, 0.25) is 0 Å². The van der Waals surface area contributed by atoms with Crippen LogP contribution in [-0.4, -0.2) is 59.6 Å². The van der Waals surface area contributed by atoms with Gasteiger partial charge in [-0.3, -0.25) is 4.79 Å². The highest BCUT2D eigenvalue weighted by Crippen LogP contribution is 2.26. The molecule has 2 heterocycles. The Bertz CT molecular complexity index is 296. The van der Waals surface area contributed by atoms with Crippen molar-refractivity contribution in [3.63, 3.8) is 0 Å². The Morgan fingerprint density at radius 1 is 1.21 bits per heavy atom. The van der Waals surface area contributed by atoms with Crippen molar-refractivity contribution in [1.29, 1.82) is 0 Å². The van der Waals surface area contributed by atoms with Gasteiger partial charge >= 0.3 is 5.97 Å². The van der Waals surface area contributed by atoms with Gasteiger partial charge in [0.25, 0.3) is 0 Å². The second kappa shape index (κ2) is 7.25. The Morgan fingerprint density at radius 3 is 2.79 bits per heavy atom. The number of carbonyl (C=O) groups is 1. The predicted molar refractivity (Wildman–Crippen MR) is 76.3 cm³/mol. The van der Waals surface area contributed by atoms with Crippen molar-refractivity contribution in [2.45, 2.75) is 51.5 Å². The molecule has 2 aliphatic rings. The highest BCUT2D eigenvalue weighted by molar-refractivity contribution is 5.67. The average Bonchev–Trinajstić information content (AvgIpc) is 2.68. The van der Waals surface area contributed by atoms with Crippen molar-refractivity contribution in [3.05, 3.63) is 0 Å². The monoisotopic (exact) mass is 268 g/mol. The van der Waals surface area contributed by atoms with E-state index in [1.165, 1.54) is 45.3 Å². The van der Waals surface area contributed by atoms with Crippen LogP contribution in [0.15, 0.2) is 0 Å². The third-order valence-electron chi connectivity index (χ3n) is 4.63. The highest BCUT2D eigenvalue weighted by atomic mass is 16.4. The molecule has 0 saturated carbocycles. The van der Waals surface area contributed by atoms with E-state index >= 15 is 0 Å². The lowest BCUT2D eigenvalue weighted by molar-refractivity contribution is -0.138. The van der Waals surface area contributed by atoms with Crippen molar-refractivity contribution in [3.8, 4) is 0 Å². The van der Waals surface area contributed by atoms with E-state index in [0.29, 0.717) is 18.4 Å². The zero-order chi connectivity index (χ0) is 13.7. The van der Waals surface area contributed by atoms with E-state index in [2.05, 4.69) is 16.7 Å². The van der Waals surface area contributed by atoms with Gasteiger partial charge < -0.3 is 14.9 Å². The molecule has 0 aromatic carbocycles. The number of carboxylic acid groups (broad SMARTS) is 1. The molecule has 0 spiro atoms. The van der Waals surface area contributed by atoms with Crippen molar-refractivity contribution >= 4 is 5.97 Å². The van der Waals surface area contributed by atoms with E-state index in [1.54, 1.807) is 0 Å². The van der Waals surface area contributed by atoms with Crippen LogP contribution in [0.1, 0.15) is 45.4 Å². The second-order valence-corrected chi connectivity index (χ2v) is 6.17. The Labute approximate surface area is 116 Å². The van der Waals surface area contributed by atoms with Gasteiger partial charge in [-0.2, -0.15) is 0 Å². The van der Waals surface area contributed by atoms with Crippen molar-refractivity contribution in [1.82, 2.24) is 9.80 Å². The Hall–Kier alpha value is -0.610. The zero-order valence-electron chi connectivity index (χ0n) is 12.2. The van der Waals surface area contributed by atoms with Gasteiger partial charge in [0, 0.05) is 19.0 Å². The van der Waals surface area contributed by atoms with Gasteiger partial charge in [0.15, 0.2) is 0 Å². The summed E-state index contributed by atoms with van der Waals surface area (Å²) in [5, 5.41) is 8.88. The molecular formula is C15H28N2O2. The smallest absolute Gasteiger partial charge is 0.303 e. The van der Waals surface area contributed by atoms with Gasteiger partial charge in [0.05, 0.1) is 0 Å². The molecular weight excluding hydrogens is 240 g/mol. The maximum atomic E-state index is 10.8. The van der Waals surface area contributed by atoms with Crippen LogP contribution >= 0.6 is 0 Å². The Kier molecular flexibility index (Phi) is 5.64. The maximum absolute atomic E-state index is 10.8. The average molecular weight is 268 g/mol. The second-order valence-electron chi connectivity index (χ2n) is 6.17. The molecule has 2 rings (SSSR count). The normalized spacial score (nSPS) is 30.4. The fraction of sp³-hybridized carbons (Fsp3) is 0.933. The molecule has 2 atom stereocenters. The summed E-state index contributed by atoms with van der Waals surface area (Å²) in [7, 11) is 0. The first-order chi connectivity index (χ1) is 9.19. The zero-order valence-corrected chi connectivity index (χ0v) is 12.2. The quantitative estimate of drug-likeness (QED) is 0.829. The van der Waals surface area contributed by atoms with Gasteiger partial charge in [-0.25, -0.2) is 0 Å². The molecule has 2 aliphatic heterocycles. The molecule has 4 nitrogen and oxygen atoms in total. The molecule has 4 heteroatoms. The molecule has 0 radical (unpaired) electrons. The van der Waals surface area contributed by atoms with E-state index in [0.717, 1.165) is 19.5 Å². The summed E-state index contributed by atoms with van der Waals surface area (Å²) in [4.78, 5) is 15.9. The fourth-order valence-corrected chi connectivity index (χ4v) is 3.65. The number of hydrogen-bond acceptors (Lipinski definition) is 3. The van der Waals surface area contributed by atoms with Gasteiger partial charge in [-0.15, -0.1) is 0 Å². The number of carboxylic acids is 1. The standard InChI is InChI=1S/C15H28N2O2/c1-2-7-16-8-3-4-14(6-9-16)17-10-5-13(12-17)11-15(18)19/h13-14H,2-12H2,1H3,(H,18,19). The number of hydrogen-bond donors (Lipinski definition) is 1. The Balaban J connectivity index is 1.78. The molecule has 1 N–H and O–H groups in total. The largest absolute Gasteiger partial charge is 0.481 e. The first-order valence-corrected chi connectivity index (χ1v) is 7.87. The fourth-order valence-electron chi connectivity index (χ4n) is 3.65. The summed E-state index contributed by atoms with van der Waals surface area (Å²) in [6, 6.07) is 0.695. The Morgan fingerprint density at radius 2 is 2.05 bits per heavy atom. The third-order valence-corrected chi connectivity index (χ3v) is 4.63. The molecule has 2 saturated heterocycles. The van der Waals surface area contributed by atoms with Crippen LogP contribution in [0.5, 0.6) is 0 Å². The lowest BCUT2D eigenvalue weighted by Crippen LogP contribution is -2.34.